The highest BCUT2D eigenvalue weighted by atomic mass is 16.3. The molecular weight excluding hydrogens is 629 g/mol. The van der Waals surface area contributed by atoms with E-state index in [1.807, 2.05) is 54.6 Å². The average Bonchev–Trinajstić information content (AvgIpc) is 3.87. The Morgan fingerprint density at radius 1 is 0.373 bits per heavy atom. The lowest BCUT2D eigenvalue weighted by Crippen LogP contribution is -2.01. The second-order valence-electron chi connectivity index (χ2n) is 12.8. The van der Waals surface area contributed by atoms with Crippen LogP contribution in [0.1, 0.15) is 0 Å². The molecule has 0 bridgehead atoms. The van der Waals surface area contributed by atoms with E-state index < -0.39 is 0 Å². The Kier molecular flexibility index (Phi) is 5.86. The standard InChI is InChI=1S/C45H26N4O2/c1-5-16-37-30(10-1)31-11-2-6-17-38(31)49(37)29-23-20-27(21-24-29)43-46-44(28-22-25-34-32-12-3-7-18-39(32)50-41(34)26-28)48-45(47-43)36-15-9-14-35-33-13-4-8-19-40(33)51-42(35)36/h1-26H. The van der Waals surface area contributed by atoms with Crippen molar-refractivity contribution >= 4 is 65.7 Å². The number of benzene rings is 7. The van der Waals surface area contributed by atoms with E-state index in [9.17, 15) is 0 Å². The van der Waals surface area contributed by atoms with Gasteiger partial charge >= 0.3 is 0 Å². The van der Waals surface area contributed by atoms with Gasteiger partial charge < -0.3 is 13.4 Å². The Balaban J connectivity index is 1.10. The molecule has 0 aliphatic carbocycles. The first-order chi connectivity index (χ1) is 25.3. The summed E-state index contributed by atoms with van der Waals surface area (Å²) in [5, 5.41) is 6.66. The van der Waals surface area contributed by atoms with E-state index in [2.05, 4.69) is 108 Å². The summed E-state index contributed by atoms with van der Waals surface area (Å²) in [7, 11) is 0. The molecule has 0 radical (unpaired) electrons. The third-order valence-corrected chi connectivity index (χ3v) is 9.88. The van der Waals surface area contributed by atoms with E-state index in [-0.39, 0.29) is 0 Å². The number of para-hydroxylation sites is 5. The van der Waals surface area contributed by atoms with Crippen LogP contribution in [0.5, 0.6) is 0 Å². The third-order valence-electron chi connectivity index (χ3n) is 9.88. The van der Waals surface area contributed by atoms with Gasteiger partial charge in [0.25, 0.3) is 0 Å². The van der Waals surface area contributed by atoms with Gasteiger partial charge in [-0.2, -0.15) is 0 Å². The van der Waals surface area contributed by atoms with E-state index in [1.165, 1.54) is 10.8 Å². The number of nitrogens with zero attached hydrogens (tertiary/aromatic N) is 4. The van der Waals surface area contributed by atoms with Gasteiger partial charge in [0.2, 0.25) is 0 Å². The Morgan fingerprint density at radius 3 is 1.63 bits per heavy atom. The minimum atomic E-state index is 0.538. The van der Waals surface area contributed by atoms with E-state index in [0.29, 0.717) is 17.5 Å². The van der Waals surface area contributed by atoms with E-state index in [1.54, 1.807) is 0 Å². The predicted octanol–water partition coefficient (Wildman–Crippen LogP) is 11.8. The van der Waals surface area contributed by atoms with Crippen molar-refractivity contribution in [1.82, 2.24) is 19.5 Å². The molecule has 0 aliphatic rings. The minimum absolute atomic E-state index is 0.538. The predicted molar refractivity (Wildman–Crippen MR) is 205 cm³/mol. The van der Waals surface area contributed by atoms with Crippen LogP contribution in [0, 0.1) is 0 Å². The highest BCUT2D eigenvalue weighted by molar-refractivity contribution is 6.10. The van der Waals surface area contributed by atoms with Crippen molar-refractivity contribution in [3.63, 3.8) is 0 Å². The van der Waals surface area contributed by atoms with E-state index in [0.717, 1.165) is 77.3 Å². The second kappa shape index (κ2) is 10.7. The molecule has 0 unspecified atom stereocenters. The van der Waals surface area contributed by atoms with Gasteiger partial charge in [0.15, 0.2) is 17.5 Å². The molecule has 11 rings (SSSR count). The largest absolute Gasteiger partial charge is 0.456 e. The fourth-order valence-electron chi connectivity index (χ4n) is 7.50. The van der Waals surface area contributed by atoms with Crippen LogP contribution in [0.15, 0.2) is 167 Å². The topological polar surface area (TPSA) is 69.9 Å². The van der Waals surface area contributed by atoms with Gasteiger partial charge in [-0.05, 0) is 66.7 Å². The van der Waals surface area contributed by atoms with Gasteiger partial charge in [-0.15, -0.1) is 0 Å². The summed E-state index contributed by atoms with van der Waals surface area (Å²) in [5.41, 5.74) is 9.12. The molecule has 6 nitrogen and oxygen atoms in total. The molecule has 0 amide bonds. The van der Waals surface area contributed by atoms with Crippen molar-refractivity contribution in [2.24, 2.45) is 0 Å². The molecule has 0 aliphatic heterocycles. The third kappa shape index (κ3) is 4.26. The average molecular weight is 655 g/mol. The first-order valence-electron chi connectivity index (χ1n) is 16.9. The van der Waals surface area contributed by atoms with Crippen LogP contribution in [0.2, 0.25) is 0 Å². The molecule has 51 heavy (non-hydrogen) atoms. The molecule has 238 valence electrons. The zero-order chi connectivity index (χ0) is 33.5. The van der Waals surface area contributed by atoms with Crippen molar-refractivity contribution < 1.29 is 8.83 Å². The van der Waals surface area contributed by atoms with Crippen LogP contribution in [-0.2, 0) is 0 Å². The molecular formula is C45H26N4O2. The molecule has 11 aromatic rings. The lowest BCUT2D eigenvalue weighted by molar-refractivity contribution is 0.668. The highest BCUT2D eigenvalue weighted by Crippen LogP contribution is 2.37. The fraction of sp³-hybridized carbons (Fsp3) is 0. The smallest absolute Gasteiger partial charge is 0.167 e. The molecule has 0 N–H and O–H groups in total. The van der Waals surface area contributed by atoms with Gasteiger partial charge in [0.05, 0.1) is 16.6 Å². The van der Waals surface area contributed by atoms with Gasteiger partial charge in [0, 0.05) is 49.1 Å². The number of furan rings is 2. The van der Waals surface area contributed by atoms with Crippen LogP contribution in [-0.4, -0.2) is 19.5 Å². The molecule has 4 heterocycles. The zero-order valence-corrected chi connectivity index (χ0v) is 27.1. The molecule has 7 aromatic carbocycles. The van der Waals surface area contributed by atoms with Crippen LogP contribution < -0.4 is 0 Å². The summed E-state index contributed by atoms with van der Waals surface area (Å²) in [4.78, 5) is 15.2. The van der Waals surface area contributed by atoms with Gasteiger partial charge in [-0.1, -0.05) is 91.0 Å². The number of aromatic nitrogens is 4. The van der Waals surface area contributed by atoms with E-state index in [4.69, 9.17) is 23.8 Å². The molecule has 0 fully saturated rings. The fourth-order valence-corrected chi connectivity index (χ4v) is 7.50. The molecule has 0 saturated carbocycles. The molecule has 4 aromatic heterocycles. The summed E-state index contributed by atoms with van der Waals surface area (Å²) in [5.74, 6) is 1.66. The van der Waals surface area contributed by atoms with Crippen LogP contribution in [0.25, 0.3) is 106 Å². The van der Waals surface area contributed by atoms with Crippen LogP contribution in [0.3, 0.4) is 0 Å². The number of rotatable bonds is 4. The van der Waals surface area contributed by atoms with Crippen molar-refractivity contribution in [3.8, 4) is 39.9 Å². The van der Waals surface area contributed by atoms with Crippen molar-refractivity contribution in [2.45, 2.75) is 0 Å². The van der Waals surface area contributed by atoms with Gasteiger partial charge in [0.1, 0.15) is 22.3 Å². The van der Waals surface area contributed by atoms with Crippen LogP contribution >= 0.6 is 0 Å². The maximum atomic E-state index is 6.43. The number of hydrogen-bond donors (Lipinski definition) is 0. The Morgan fingerprint density at radius 2 is 0.902 bits per heavy atom. The second-order valence-corrected chi connectivity index (χ2v) is 12.8. The molecule has 0 spiro atoms. The van der Waals surface area contributed by atoms with Crippen molar-refractivity contribution in [2.75, 3.05) is 0 Å². The summed E-state index contributed by atoms with van der Waals surface area (Å²) >= 11 is 0. The summed E-state index contributed by atoms with van der Waals surface area (Å²) in [6.07, 6.45) is 0. The lowest BCUT2D eigenvalue weighted by atomic mass is 10.1. The summed E-state index contributed by atoms with van der Waals surface area (Å²) in [6.45, 7) is 0. The molecule has 6 heteroatoms. The number of hydrogen-bond acceptors (Lipinski definition) is 5. The van der Waals surface area contributed by atoms with Crippen molar-refractivity contribution in [3.05, 3.63) is 158 Å². The first kappa shape index (κ1) is 27.9. The maximum Gasteiger partial charge on any atom is 0.167 e. The SMILES string of the molecule is c1ccc2c(c1)oc1cc(-c3nc(-c4ccc(-n5c6ccccc6c6ccccc65)cc4)nc(-c4cccc5c4oc4ccccc45)n3)ccc12. The zero-order valence-electron chi connectivity index (χ0n) is 27.1. The van der Waals surface area contributed by atoms with Gasteiger partial charge in [-0.3, -0.25) is 0 Å². The highest BCUT2D eigenvalue weighted by Gasteiger charge is 2.19. The molecule has 0 saturated heterocycles. The van der Waals surface area contributed by atoms with E-state index >= 15 is 0 Å². The lowest BCUT2D eigenvalue weighted by Gasteiger charge is -2.11. The summed E-state index contributed by atoms with van der Waals surface area (Å²) in [6, 6.07) is 54.0. The monoisotopic (exact) mass is 654 g/mol. The molecule has 0 atom stereocenters. The Labute approximate surface area is 290 Å². The quantitative estimate of drug-likeness (QED) is 0.189. The summed E-state index contributed by atoms with van der Waals surface area (Å²) < 4.78 is 15.0. The minimum Gasteiger partial charge on any atom is -0.456 e. The Bertz CT molecular complexity index is 3100. The van der Waals surface area contributed by atoms with Crippen molar-refractivity contribution in [1.29, 1.82) is 0 Å². The Hall–Kier alpha value is -7.05. The van der Waals surface area contributed by atoms with Crippen LogP contribution in [0.4, 0.5) is 0 Å². The normalized spacial score (nSPS) is 11.9. The first-order valence-corrected chi connectivity index (χ1v) is 16.9. The maximum absolute atomic E-state index is 6.43. The number of fused-ring (bicyclic) bond motifs is 9. The van der Waals surface area contributed by atoms with Gasteiger partial charge in [-0.25, -0.2) is 15.0 Å².